The SMILES string of the molecule is CCCNc1nc(C(C)C)nc(NCCS(C)(=O)=O)c1C. The lowest BCUT2D eigenvalue weighted by Crippen LogP contribution is -2.17. The van der Waals surface area contributed by atoms with Crippen LogP contribution >= 0.6 is 0 Å². The van der Waals surface area contributed by atoms with Crippen LogP contribution in [0.2, 0.25) is 0 Å². The normalized spacial score (nSPS) is 11.7. The van der Waals surface area contributed by atoms with Gasteiger partial charge in [-0.3, -0.25) is 0 Å². The van der Waals surface area contributed by atoms with Gasteiger partial charge in [-0.15, -0.1) is 0 Å². The minimum absolute atomic E-state index is 0.0885. The van der Waals surface area contributed by atoms with Gasteiger partial charge in [0.25, 0.3) is 0 Å². The third-order valence-electron chi connectivity index (χ3n) is 2.99. The lowest BCUT2D eigenvalue weighted by atomic mass is 10.2. The molecule has 0 amide bonds. The average molecular weight is 314 g/mol. The number of nitrogens with zero attached hydrogens (tertiary/aromatic N) is 2. The first kappa shape index (κ1) is 17.7. The topological polar surface area (TPSA) is 84.0 Å². The van der Waals surface area contributed by atoms with E-state index in [1.807, 2.05) is 20.8 Å². The quantitative estimate of drug-likeness (QED) is 0.765. The fourth-order valence-corrected chi connectivity index (χ4v) is 2.21. The van der Waals surface area contributed by atoms with Crippen molar-refractivity contribution in [3.8, 4) is 0 Å². The van der Waals surface area contributed by atoms with Gasteiger partial charge in [0, 0.05) is 30.8 Å². The van der Waals surface area contributed by atoms with Crippen molar-refractivity contribution in [2.75, 3.05) is 35.7 Å². The van der Waals surface area contributed by atoms with Gasteiger partial charge in [0.15, 0.2) is 0 Å². The third-order valence-corrected chi connectivity index (χ3v) is 3.93. The van der Waals surface area contributed by atoms with Gasteiger partial charge >= 0.3 is 0 Å². The Kier molecular flexibility index (Phi) is 6.39. The van der Waals surface area contributed by atoms with Crippen LogP contribution < -0.4 is 10.6 Å². The fraction of sp³-hybridized carbons (Fsp3) is 0.714. The molecule has 0 fully saturated rings. The molecule has 0 spiro atoms. The van der Waals surface area contributed by atoms with E-state index in [0.29, 0.717) is 12.4 Å². The lowest BCUT2D eigenvalue weighted by molar-refractivity contribution is 0.602. The highest BCUT2D eigenvalue weighted by molar-refractivity contribution is 7.90. The number of sulfone groups is 1. The van der Waals surface area contributed by atoms with Gasteiger partial charge in [-0.25, -0.2) is 18.4 Å². The van der Waals surface area contributed by atoms with Crippen LogP contribution in [0.4, 0.5) is 11.6 Å². The number of hydrogen-bond acceptors (Lipinski definition) is 6. The van der Waals surface area contributed by atoms with E-state index in [-0.39, 0.29) is 11.7 Å². The van der Waals surface area contributed by atoms with Gasteiger partial charge in [-0.1, -0.05) is 20.8 Å². The summed E-state index contributed by atoms with van der Waals surface area (Å²) in [5, 5.41) is 6.41. The van der Waals surface area contributed by atoms with Crippen molar-refractivity contribution in [1.29, 1.82) is 0 Å². The van der Waals surface area contributed by atoms with Crippen molar-refractivity contribution < 1.29 is 8.42 Å². The Morgan fingerprint density at radius 1 is 1.10 bits per heavy atom. The van der Waals surface area contributed by atoms with Gasteiger partial charge in [0.05, 0.1) is 5.75 Å². The van der Waals surface area contributed by atoms with E-state index in [4.69, 9.17) is 0 Å². The maximum atomic E-state index is 11.2. The minimum Gasteiger partial charge on any atom is -0.370 e. The van der Waals surface area contributed by atoms with E-state index in [2.05, 4.69) is 27.5 Å². The molecular weight excluding hydrogens is 288 g/mol. The van der Waals surface area contributed by atoms with E-state index < -0.39 is 9.84 Å². The Hall–Kier alpha value is -1.37. The monoisotopic (exact) mass is 314 g/mol. The molecule has 0 saturated heterocycles. The lowest BCUT2D eigenvalue weighted by Gasteiger charge is -2.16. The van der Waals surface area contributed by atoms with Crippen molar-refractivity contribution in [3.05, 3.63) is 11.4 Å². The van der Waals surface area contributed by atoms with Gasteiger partial charge in [-0.05, 0) is 13.3 Å². The molecule has 120 valence electrons. The molecule has 0 radical (unpaired) electrons. The van der Waals surface area contributed by atoms with E-state index in [0.717, 1.165) is 30.2 Å². The molecule has 1 aromatic rings. The van der Waals surface area contributed by atoms with Crippen LogP contribution in [0.25, 0.3) is 0 Å². The number of rotatable bonds is 8. The highest BCUT2D eigenvalue weighted by atomic mass is 32.2. The molecule has 1 aromatic heterocycles. The van der Waals surface area contributed by atoms with Crippen LogP contribution in [0, 0.1) is 6.92 Å². The Bertz CT molecular complexity index is 571. The summed E-state index contributed by atoms with van der Waals surface area (Å²) in [5.74, 6) is 2.57. The summed E-state index contributed by atoms with van der Waals surface area (Å²) in [6, 6.07) is 0. The first-order valence-electron chi connectivity index (χ1n) is 7.28. The second kappa shape index (κ2) is 7.59. The molecule has 0 saturated carbocycles. The number of aromatic nitrogens is 2. The molecule has 1 heterocycles. The largest absolute Gasteiger partial charge is 0.370 e. The Morgan fingerprint density at radius 3 is 2.05 bits per heavy atom. The van der Waals surface area contributed by atoms with Crippen LogP contribution in [0.15, 0.2) is 0 Å². The maximum Gasteiger partial charge on any atom is 0.149 e. The predicted octanol–water partition coefficient (Wildman–Crippen LogP) is 2.19. The molecule has 1 rings (SSSR count). The molecule has 0 unspecified atom stereocenters. The van der Waals surface area contributed by atoms with Crippen LogP contribution in [0.3, 0.4) is 0 Å². The fourth-order valence-electron chi connectivity index (χ4n) is 1.73. The van der Waals surface area contributed by atoms with Crippen LogP contribution in [0.5, 0.6) is 0 Å². The summed E-state index contributed by atoms with van der Waals surface area (Å²) in [6.45, 7) is 9.30. The smallest absolute Gasteiger partial charge is 0.149 e. The summed E-state index contributed by atoms with van der Waals surface area (Å²) in [4.78, 5) is 9.05. The molecule has 21 heavy (non-hydrogen) atoms. The highest BCUT2D eigenvalue weighted by Gasteiger charge is 2.13. The van der Waals surface area contributed by atoms with E-state index in [9.17, 15) is 8.42 Å². The van der Waals surface area contributed by atoms with Crippen molar-refractivity contribution in [2.24, 2.45) is 0 Å². The van der Waals surface area contributed by atoms with E-state index >= 15 is 0 Å². The molecule has 0 aromatic carbocycles. The summed E-state index contributed by atoms with van der Waals surface area (Å²) in [7, 11) is -2.98. The van der Waals surface area contributed by atoms with Crippen molar-refractivity contribution >= 4 is 21.5 Å². The van der Waals surface area contributed by atoms with Gasteiger partial charge < -0.3 is 10.6 Å². The third kappa shape index (κ3) is 5.87. The average Bonchev–Trinajstić information content (AvgIpc) is 2.37. The van der Waals surface area contributed by atoms with Crippen LogP contribution in [-0.4, -0.2) is 43.5 Å². The summed E-state index contributed by atoms with van der Waals surface area (Å²) in [5.41, 5.74) is 0.918. The molecule has 6 nitrogen and oxygen atoms in total. The van der Waals surface area contributed by atoms with Gasteiger partial charge in [0.2, 0.25) is 0 Å². The van der Waals surface area contributed by atoms with Crippen LogP contribution in [0.1, 0.15) is 44.5 Å². The molecule has 0 aliphatic carbocycles. The predicted molar refractivity (Wildman–Crippen MR) is 87.8 cm³/mol. The molecule has 2 N–H and O–H groups in total. The standard InChI is InChI=1S/C14H26N4O2S/c1-6-7-15-13-11(4)14(16-8-9-21(5,19)20)18-12(17-13)10(2)3/h10H,6-9H2,1-5H3,(H2,15,16,17,18). The van der Waals surface area contributed by atoms with E-state index in [1.165, 1.54) is 6.26 Å². The number of anilines is 2. The Morgan fingerprint density at radius 2 is 1.62 bits per heavy atom. The Balaban J connectivity index is 2.97. The summed E-state index contributed by atoms with van der Waals surface area (Å²) < 4.78 is 22.4. The molecule has 0 atom stereocenters. The van der Waals surface area contributed by atoms with Crippen molar-refractivity contribution in [1.82, 2.24) is 9.97 Å². The first-order valence-corrected chi connectivity index (χ1v) is 9.34. The zero-order valence-corrected chi connectivity index (χ0v) is 14.3. The number of nitrogens with one attached hydrogen (secondary N) is 2. The maximum absolute atomic E-state index is 11.2. The summed E-state index contributed by atoms with van der Waals surface area (Å²) in [6.07, 6.45) is 2.24. The van der Waals surface area contributed by atoms with E-state index in [1.54, 1.807) is 0 Å². The second-order valence-corrected chi connectivity index (χ2v) is 7.80. The number of hydrogen-bond donors (Lipinski definition) is 2. The second-order valence-electron chi connectivity index (χ2n) is 5.54. The molecule has 7 heteroatoms. The first-order chi connectivity index (χ1) is 9.74. The zero-order chi connectivity index (χ0) is 16.0. The van der Waals surface area contributed by atoms with Gasteiger partial charge in [-0.2, -0.15) is 0 Å². The molecule has 0 bridgehead atoms. The molecule has 0 aliphatic rings. The van der Waals surface area contributed by atoms with Crippen molar-refractivity contribution in [2.45, 2.75) is 40.0 Å². The zero-order valence-electron chi connectivity index (χ0n) is 13.5. The molecular formula is C14H26N4O2S. The highest BCUT2D eigenvalue weighted by Crippen LogP contribution is 2.23. The van der Waals surface area contributed by atoms with Crippen molar-refractivity contribution in [3.63, 3.8) is 0 Å². The van der Waals surface area contributed by atoms with Crippen LogP contribution in [-0.2, 0) is 9.84 Å². The Labute approximate surface area is 127 Å². The summed E-state index contributed by atoms with van der Waals surface area (Å²) >= 11 is 0. The minimum atomic E-state index is -2.98. The van der Waals surface area contributed by atoms with Gasteiger partial charge in [0.1, 0.15) is 27.3 Å². The molecule has 0 aliphatic heterocycles.